The van der Waals surface area contributed by atoms with Crippen LogP contribution < -0.4 is 5.32 Å². The molecule has 0 heterocycles. The van der Waals surface area contributed by atoms with Crippen LogP contribution in [0.25, 0.3) is 0 Å². The van der Waals surface area contributed by atoms with E-state index >= 15 is 0 Å². The van der Waals surface area contributed by atoms with Crippen molar-refractivity contribution in [1.29, 1.82) is 0 Å². The van der Waals surface area contributed by atoms with Crippen molar-refractivity contribution in [1.82, 2.24) is 5.32 Å². The van der Waals surface area contributed by atoms with Crippen LogP contribution >= 0.6 is 0 Å². The number of aliphatic hydroxyl groups is 1. The number of hydrogen-bond donors (Lipinski definition) is 2. The molecule has 0 aliphatic carbocycles. The van der Waals surface area contributed by atoms with Crippen LogP contribution in [0, 0.1) is 0 Å². The normalized spacial score (nSPS) is 12.8. The first-order chi connectivity index (χ1) is 8.85. The molecule has 0 amide bonds. The van der Waals surface area contributed by atoms with Gasteiger partial charge in [0.25, 0.3) is 0 Å². The molecule has 5 heteroatoms. The Hall–Kier alpha value is -0.200. The molecule has 1 atom stereocenters. The van der Waals surface area contributed by atoms with E-state index in [0.717, 1.165) is 25.8 Å². The molecule has 110 valence electrons. The van der Waals surface area contributed by atoms with Crippen LogP contribution in [0.3, 0.4) is 0 Å². The zero-order valence-corrected chi connectivity index (χ0v) is 11.8. The summed E-state index contributed by atoms with van der Waals surface area (Å²) in [7, 11) is 1.66. The third-order valence-corrected chi connectivity index (χ3v) is 2.49. The van der Waals surface area contributed by atoms with Gasteiger partial charge in [-0.1, -0.05) is 6.92 Å². The highest BCUT2D eigenvalue weighted by Gasteiger charge is 2.06. The lowest BCUT2D eigenvalue weighted by Gasteiger charge is -2.17. The smallest absolute Gasteiger partial charge is 0.0700 e. The summed E-state index contributed by atoms with van der Waals surface area (Å²) in [6, 6.07) is 0.254. The number of aliphatic hydroxyl groups excluding tert-OH is 1. The van der Waals surface area contributed by atoms with Crippen molar-refractivity contribution in [3.8, 4) is 0 Å². The molecule has 0 radical (unpaired) electrons. The molecular formula is C13H29NO4. The molecule has 0 saturated carbocycles. The van der Waals surface area contributed by atoms with Gasteiger partial charge in [-0.25, -0.2) is 0 Å². The first kappa shape index (κ1) is 17.8. The highest BCUT2D eigenvalue weighted by Crippen LogP contribution is 1.95. The topological polar surface area (TPSA) is 60.0 Å². The van der Waals surface area contributed by atoms with E-state index in [1.165, 1.54) is 0 Å². The summed E-state index contributed by atoms with van der Waals surface area (Å²) in [4.78, 5) is 0. The highest BCUT2D eigenvalue weighted by molar-refractivity contribution is 4.65. The van der Waals surface area contributed by atoms with Gasteiger partial charge in [0, 0.05) is 33.0 Å². The van der Waals surface area contributed by atoms with Gasteiger partial charge in [0.1, 0.15) is 0 Å². The minimum absolute atomic E-state index is 0.199. The summed E-state index contributed by atoms with van der Waals surface area (Å²) in [6.07, 6.45) is 2.73. The van der Waals surface area contributed by atoms with E-state index in [9.17, 15) is 0 Å². The predicted octanol–water partition coefficient (Wildman–Crippen LogP) is 0.807. The lowest BCUT2D eigenvalue weighted by molar-refractivity contribution is 0.0459. The average molecular weight is 263 g/mol. The molecule has 0 aliphatic rings. The van der Waals surface area contributed by atoms with Crippen LogP contribution in [0.4, 0.5) is 0 Å². The van der Waals surface area contributed by atoms with Crippen molar-refractivity contribution >= 4 is 0 Å². The Morgan fingerprint density at radius 3 is 2.56 bits per heavy atom. The maximum absolute atomic E-state index is 8.93. The van der Waals surface area contributed by atoms with Crippen LogP contribution in [-0.4, -0.2) is 64.4 Å². The van der Waals surface area contributed by atoms with E-state index in [-0.39, 0.29) is 12.6 Å². The van der Waals surface area contributed by atoms with E-state index in [4.69, 9.17) is 19.3 Å². The summed E-state index contributed by atoms with van der Waals surface area (Å²) in [5, 5.41) is 12.3. The molecule has 0 spiro atoms. The van der Waals surface area contributed by atoms with E-state index in [0.29, 0.717) is 33.0 Å². The molecule has 0 aliphatic heterocycles. The van der Waals surface area contributed by atoms with Gasteiger partial charge in [0.05, 0.1) is 19.8 Å². The third-order valence-electron chi connectivity index (χ3n) is 2.49. The first-order valence-corrected chi connectivity index (χ1v) is 6.83. The summed E-state index contributed by atoms with van der Waals surface area (Å²) in [5.74, 6) is 0. The Morgan fingerprint density at radius 1 is 1.11 bits per heavy atom. The number of rotatable bonds is 14. The number of methoxy groups -OCH3 is 1. The Bertz CT molecular complexity index is 158. The van der Waals surface area contributed by atoms with Gasteiger partial charge < -0.3 is 24.6 Å². The molecule has 0 saturated heterocycles. The van der Waals surface area contributed by atoms with Gasteiger partial charge in [0.2, 0.25) is 0 Å². The summed E-state index contributed by atoms with van der Waals surface area (Å²) in [5.41, 5.74) is 0. The number of nitrogens with one attached hydrogen (secondary N) is 1. The van der Waals surface area contributed by atoms with Crippen molar-refractivity contribution < 1.29 is 19.3 Å². The van der Waals surface area contributed by atoms with Crippen LogP contribution in [0.1, 0.15) is 26.2 Å². The van der Waals surface area contributed by atoms with E-state index in [2.05, 4.69) is 12.2 Å². The Labute approximate surface area is 111 Å². The molecule has 0 fully saturated rings. The summed E-state index contributed by atoms with van der Waals surface area (Å²) < 4.78 is 15.8. The Morgan fingerprint density at radius 2 is 1.89 bits per heavy atom. The van der Waals surface area contributed by atoms with Crippen LogP contribution in [0.5, 0.6) is 0 Å². The van der Waals surface area contributed by atoms with Crippen molar-refractivity contribution in [3.05, 3.63) is 0 Å². The molecule has 0 bridgehead atoms. The molecule has 1 unspecified atom stereocenters. The molecule has 18 heavy (non-hydrogen) atoms. The molecular weight excluding hydrogens is 234 g/mol. The fourth-order valence-corrected chi connectivity index (χ4v) is 1.48. The maximum Gasteiger partial charge on any atom is 0.0700 e. The molecule has 0 aromatic rings. The van der Waals surface area contributed by atoms with Gasteiger partial charge in [-0.2, -0.15) is 0 Å². The third kappa shape index (κ3) is 12.3. The van der Waals surface area contributed by atoms with E-state index in [1.807, 2.05) is 0 Å². The average Bonchev–Trinajstić information content (AvgIpc) is 2.39. The molecule has 0 rings (SSSR count). The van der Waals surface area contributed by atoms with Gasteiger partial charge in [-0.15, -0.1) is 0 Å². The maximum atomic E-state index is 8.93. The van der Waals surface area contributed by atoms with Crippen LogP contribution in [0.2, 0.25) is 0 Å². The monoisotopic (exact) mass is 263 g/mol. The number of hydrogen-bond acceptors (Lipinski definition) is 5. The van der Waals surface area contributed by atoms with Gasteiger partial charge in [0.15, 0.2) is 0 Å². The van der Waals surface area contributed by atoms with E-state index in [1.54, 1.807) is 7.11 Å². The molecule has 5 nitrogen and oxygen atoms in total. The number of ether oxygens (including phenoxy) is 3. The van der Waals surface area contributed by atoms with Crippen LogP contribution in [-0.2, 0) is 14.2 Å². The zero-order valence-electron chi connectivity index (χ0n) is 11.8. The van der Waals surface area contributed by atoms with Crippen molar-refractivity contribution in [3.63, 3.8) is 0 Å². The largest absolute Gasteiger partial charge is 0.396 e. The van der Waals surface area contributed by atoms with Crippen molar-refractivity contribution in [2.45, 2.75) is 32.2 Å². The fourth-order valence-electron chi connectivity index (χ4n) is 1.48. The lowest BCUT2D eigenvalue weighted by Crippen LogP contribution is -2.35. The minimum atomic E-state index is 0.199. The summed E-state index contributed by atoms with van der Waals surface area (Å²) in [6.45, 7) is 6.63. The molecule has 0 aromatic heterocycles. The van der Waals surface area contributed by atoms with Gasteiger partial charge >= 0.3 is 0 Å². The van der Waals surface area contributed by atoms with Gasteiger partial charge in [-0.05, 0) is 25.8 Å². The standard InChI is InChI=1S/C13H29NO4/c1-3-6-14-13(5-7-15)12-18-9-4-8-17-11-10-16-2/h13-15H,3-12H2,1-2H3. The lowest BCUT2D eigenvalue weighted by atomic mass is 10.2. The fraction of sp³-hybridized carbons (Fsp3) is 1.00. The van der Waals surface area contributed by atoms with Crippen molar-refractivity contribution in [2.75, 3.05) is 53.3 Å². The first-order valence-electron chi connectivity index (χ1n) is 6.83. The second-order valence-electron chi connectivity index (χ2n) is 4.20. The predicted molar refractivity (Wildman–Crippen MR) is 71.9 cm³/mol. The highest BCUT2D eigenvalue weighted by atomic mass is 16.5. The second-order valence-corrected chi connectivity index (χ2v) is 4.20. The summed E-state index contributed by atoms with van der Waals surface area (Å²) >= 11 is 0. The van der Waals surface area contributed by atoms with Gasteiger partial charge in [-0.3, -0.25) is 0 Å². The van der Waals surface area contributed by atoms with Crippen molar-refractivity contribution in [2.24, 2.45) is 0 Å². The minimum Gasteiger partial charge on any atom is -0.396 e. The SMILES string of the molecule is CCCNC(CCO)COCCCOCCOC. The Balaban J connectivity index is 3.31. The Kier molecular flexibility index (Phi) is 14.7. The van der Waals surface area contributed by atoms with E-state index < -0.39 is 0 Å². The molecule has 0 aromatic carbocycles. The van der Waals surface area contributed by atoms with Crippen LogP contribution in [0.15, 0.2) is 0 Å². The quantitative estimate of drug-likeness (QED) is 0.454. The zero-order chi connectivity index (χ0) is 13.5. The molecule has 2 N–H and O–H groups in total. The second kappa shape index (κ2) is 14.9.